The Bertz CT molecular complexity index is 342. The lowest BCUT2D eigenvalue weighted by molar-refractivity contribution is 0.0971. The summed E-state index contributed by atoms with van der Waals surface area (Å²) in [7, 11) is 0. The summed E-state index contributed by atoms with van der Waals surface area (Å²) in [6, 6.07) is 7.82. The van der Waals surface area contributed by atoms with Gasteiger partial charge in [-0.2, -0.15) is 0 Å². The van der Waals surface area contributed by atoms with E-state index in [2.05, 4.69) is 19.9 Å². The third-order valence-electron chi connectivity index (χ3n) is 2.45. The van der Waals surface area contributed by atoms with Crippen LogP contribution >= 0.6 is 0 Å². The molecule has 2 heteroatoms. The number of aliphatic hydroxyl groups is 1. The summed E-state index contributed by atoms with van der Waals surface area (Å²) in [5.41, 5.74) is 1.98. The molecule has 0 spiro atoms. The maximum Gasteiger partial charge on any atom is 0.162 e. The van der Waals surface area contributed by atoms with Gasteiger partial charge >= 0.3 is 0 Å². The maximum atomic E-state index is 11.7. The van der Waals surface area contributed by atoms with Gasteiger partial charge in [-0.05, 0) is 30.4 Å². The van der Waals surface area contributed by atoms with Crippen LogP contribution in [0.15, 0.2) is 24.3 Å². The fourth-order valence-corrected chi connectivity index (χ4v) is 1.73. The van der Waals surface area contributed by atoms with Gasteiger partial charge in [0.2, 0.25) is 0 Å². The third-order valence-corrected chi connectivity index (χ3v) is 2.45. The molecule has 1 aromatic carbocycles. The van der Waals surface area contributed by atoms with Crippen LogP contribution in [0.2, 0.25) is 0 Å². The van der Waals surface area contributed by atoms with E-state index in [1.165, 1.54) is 5.56 Å². The van der Waals surface area contributed by atoms with E-state index in [0.29, 0.717) is 18.8 Å². The molecular formula is C14H20O2. The summed E-state index contributed by atoms with van der Waals surface area (Å²) in [5.74, 6) is 0.724. The van der Waals surface area contributed by atoms with Gasteiger partial charge in [0.25, 0.3) is 0 Å². The number of carbonyl (C=O) groups is 1. The summed E-state index contributed by atoms with van der Waals surface area (Å²) in [6.45, 7) is 4.41. The van der Waals surface area contributed by atoms with Gasteiger partial charge in [-0.1, -0.05) is 32.0 Å². The van der Waals surface area contributed by atoms with Crippen molar-refractivity contribution in [3.05, 3.63) is 35.4 Å². The molecule has 0 saturated heterocycles. The standard InChI is InChI=1S/C14H20O2/c1-11(2)9-12-5-3-6-13(10-12)14(16)7-4-8-15/h3,5-6,10-11,15H,4,7-9H2,1-2H3. The molecule has 0 aromatic heterocycles. The van der Waals surface area contributed by atoms with Gasteiger partial charge in [0.1, 0.15) is 0 Å². The smallest absolute Gasteiger partial charge is 0.162 e. The molecule has 88 valence electrons. The summed E-state index contributed by atoms with van der Waals surface area (Å²) < 4.78 is 0. The van der Waals surface area contributed by atoms with Gasteiger partial charge in [0.05, 0.1) is 0 Å². The number of hydrogen-bond donors (Lipinski definition) is 1. The highest BCUT2D eigenvalue weighted by atomic mass is 16.3. The minimum atomic E-state index is 0.0808. The minimum Gasteiger partial charge on any atom is -0.396 e. The largest absolute Gasteiger partial charge is 0.396 e. The second-order valence-electron chi connectivity index (χ2n) is 4.55. The molecule has 0 atom stereocenters. The van der Waals surface area contributed by atoms with Crippen molar-refractivity contribution in [1.29, 1.82) is 0 Å². The van der Waals surface area contributed by atoms with Gasteiger partial charge in [0.15, 0.2) is 5.78 Å². The first-order chi connectivity index (χ1) is 7.63. The fraction of sp³-hybridized carbons (Fsp3) is 0.500. The number of Topliss-reactive ketones (excluding diaryl/α,β-unsaturated/α-hetero) is 1. The average molecular weight is 220 g/mol. The zero-order chi connectivity index (χ0) is 12.0. The first-order valence-corrected chi connectivity index (χ1v) is 5.86. The molecular weight excluding hydrogens is 200 g/mol. The van der Waals surface area contributed by atoms with Crippen LogP contribution in [0.5, 0.6) is 0 Å². The van der Waals surface area contributed by atoms with Crippen molar-refractivity contribution in [1.82, 2.24) is 0 Å². The molecule has 0 radical (unpaired) electrons. The van der Waals surface area contributed by atoms with Crippen LogP contribution in [0.1, 0.15) is 42.6 Å². The fourth-order valence-electron chi connectivity index (χ4n) is 1.73. The van der Waals surface area contributed by atoms with Crippen molar-refractivity contribution in [3.8, 4) is 0 Å². The zero-order valence-electron chi connectivity index (χ0n) is 10.1. The summed E-state index contributed by atoms with van der Waals surface area (Å²) >= 11 is 0. The molecule has 0 fully saturated rings. The molecule has 2 nitrogen and oxygen atoms in total. The Morgan fingerprint density at radius 1 is 1.38 bits per heavy atom. The Labute approximate surface area is 97.3 Å². The van der Waals surface area contributed by atoms with Gasteiger partial charge in [-0.25, -0.2) is 0 Å². The number of benzene rings is 1. The topological polar surface area (TPSA) is 37.3 Å². The molecule has 0 unspecified atom stereocenters. The van der Waals surface area contributed by atoms with Crippen LogP contribution in [-0.2, 0) is 6.42 Å². The predicted molar refractivity (Wildman–Crippen MR) is 65.6 cm³/mol. The van der Waals surface area contributed by atoms with Gasteiger partial charge in [0, 0.05) is 18.6 Å². The monoisotopic (exact) mass is 220 g/mol. The molecule has 0 aliphatic heterocycles. The number of hydrogen-bond acceptors (Lipinski definition) is 2. The van der Waals surface area contributed by atoms with E-state index in [9.17, 15) is 4.79 Å². The van der Waals surface area contributed by atoms with Crippen molar-refractivity contribution in [2.24, 2.45) is 5.92 Å². The van der Waals surface area contributed by atoms with E-state index in [4.69, 9.17) is 5.11 Å². The van der Waals surface area contributed by atoms with Crippen LogP contribution in [0.3, 0.4) is 0 Å². The van der Waals surface area contributed by atoms with Crippen molar-refractivity contribution in [3.63, 3.8) is 0 Å². The molecule has 0 bridgehead atoms. The zero-order valence-corrected chi connectivity index (χ0v) is 10.1. The van der Waals surface area contributed by atoms with Crippen molar-refractivity contribution < 1.29 is 9.90 Å². The molecule has 1 N–H and O–H groups in total. The molecule has 1 aromatic rings. The van der Waals surface area contributed by atoms with Crippen LogP contribution in [0, 0.1) is 5.92 Å². The quantitative estimate of drug-likeness (QED) is 0.748. The number of rotatable bonds is 6. The number of aliphatic hydroxyl groups excluding tert-OH is 1. The lowest BCUT2D eigenvalue weighted by Crippen LogP contribution is -2.02. The Kier molecular flexibility index (Phi) is 5.20. The normalized spacial score (nSPS) is 10.8. The van der Waals surface area contributed by atoms with Gasteiger partial charge in [-0.3, -0.25) is 4.79 Å². The molecule has 16 heavy (non-hydrogen) atoms. The predicted octanol–water partition coefficient (Wildman–Crippen LogP) is 2.84. The van der Waals surface area contributed by atoms with Gasteiger partial charge in [-0.15, -0.1) is 0 Å². The van der Waals surface area contributed by atoms with Crippen LogP contribution in [0.25, 0.3) is 0 Å². The SMILES string of the molecule is CC(C)Cc1cccc(C(=O)CCCO)c1. The summed E-state index contributed by atoms with van der Waals surface area (Å²) in [4.78, 5) is 11.7. The van der Waals surface area contributed by atoms with E-state index in [1.54, 1.807) is 0 Å². The second-order valence-corrected chi connectivity index (χ2v) is 4.55. The van der Waals surface area contributed by atoms with E-state index >= 15 is 0 Å². The summed E-state index contributed by atoms with van der Waals surface area (Å²) in [5, 5.41) is 8.68. The molecule has 0 saturated carbocycles. The first kappa shape index (κ1) is 12.9. The lowest BCUT2D eigenvalue weighted by atomic mass is 9.98. The van der Waals surface area contributed by atoms with E-state index in [1.807, 2.05) is 18.2 Å². The molecule has 1 rings (SSSR count). The van der Waals surface area contributed by atoms with E-state index in [-0.39, 0.29) is 12.4 Å². The third kappa shape index (κ3) is 4.15. The van der Waals surface area contributed by atoms with Gasteiger partial charge < -0.3 is 5.11 Å². The molecule has 0 amide bonds. The molecule has 0 heterocycles. The van der Waals surface area contributed by atoms with Crippen molar-refractivity contribution in [2.75, 3.05) is 6.61 Å². The number of carbonyl (C=O) groups excluding carboxylic acids is 1. The highest BCUT2D eigenvalue weighted by Gasteiger charge is 2.06. The molecule has 0 aliphatic carbocycles. The van der Waals surface area contributed by atoms with Crippen molar-refractivity contribution in [2.45, 2.75) is 33.1 Å². The van der Waals surface area contributed by atoms with E-state index in [0.717, 1.165) is 12.0 Å². The highest BCUT2D eigenvalue weighted by Crippen LogP contribution is 2.12. The van der Waals surface area contributed by atoms with E-state index < -0.39 is 0 Å². The average Bonchev–Trinajstić information content (AvgIpc) is 2.25. The minimum absolute atomic E-state index is 0.0808. The van der Waals surface area contributed by atoms with Crippen LogP contribution < -0.4 is 0 Å². The Morgan fingerprint density at radius 2 is 2.12 bits per heavy atom. The van der Waals surface area contributed by atoms with Crippen LogP contribution in [0.4, 0.5) is 0 Å². The Balaban J connectivity index is 2.69. The van der Waals surface area contributed by atoms with Crippen LogP contribution in [-0.4, -0.2) is 17.5 Å². The lowest BCUT2D eigenvalue weighted by Gasteiger charge is -2.06. The second kappa shape index (κ2) is 6.44. The maximum absolute atomic E-state index is 11.7. The Hall–Kier alpha value is -1.15. The first-order valence-electron chi connectivity index (χ1n) is 5.86. The molecule has 0 aliphatic rings. The summed E-state index contributed by atoms with van der Waals surface area (Å²) in [6.07, 6.45) is 1.98. The number of ketones is 1. The highest BCUT2D eigenvalue weighted by molar-refractivity contribution is 5.96. The van der Waals surface area contributed by atoms with Crippen molar-refractivity contribution >= 4 is 5.78 Å². The Morgan fingerprint density at radius 3 is 2.75 bits per heavy atom.